The molecule has 212 valence electrons. The van der Waals surface area contributed by atoms with Crippen LogP contribution in [0.5, 0.6) is 0 Å². The molecule has 0 bridgehead atoms. The maximum absolute atomic E-state index is 10.1. The minimum atomic E-state index is -0.222. The van der Waals surface area contributed by atoms with Gasteiger partial charge < -0.3 is 70.3 Å². The maximum atomic E-state index is 10.1. The molecule has 0 atom stereocenters. The van der Waals surface area contributed by atoms with Crippen molar-refractivity contribution in [3.63, 3.8) is 0 Å². The monoisotopic (exact) mass is 554 g/mol. The standard InChI is InChI=1S/2C6H14NO3.2C4H9O3.Ti/c2*8-4-1-7(2-5-9)3-6-10;2*5-1-3-7-4-2-6;/h2*8-9H,1-6H2;2*5H,1-4H2;/q4*-1;+4. The summed E-state index contributed by atoms with van der Waals surface area (Å²) in [5, 5.41) is 89.4. The molecule has 0 saturated heterocycles. The first-order valence-electron chi connectivity index (χ1n) is 11.1. The van der Waals surface area contributed by atoms with E-state index in [0.29, 0.717) is 39.3 Å². The number of ether oxygens (including phenoxy) is 2. The van der Waals surface area contributed by atoms with Gasteiger partial charge in [0.25, 0.3) is 0 Å². The van der Waals surface area contributed by atoms with Crippen LogP contribution in [0, 0.1) is 0 Å². The third kappa shape index (κ3) is 51.6. The van der Waals surface area contributed by atoms with E-state index in [9.17, 15) is 20.4 Å². The topological polar surface area (TPSA) is 239 Å². The second-order valence-electron chi connectivity index (χ2n) is 6.07. The molecular formula is C20H46N2O12Ti. The summed E-state index contributed by atoms with van der Waals surface area (Å²) in [6, 6.07) is 0. The van der Waals surface area contributed by atoms with Crippen LogP contribution in [0.1, 0.15) is 0 Å². The van der Waals surface area contributed by atoms with Gasteiger partial charge in [0, 0.05) is 39.4 Å². The van der Waals surface area contributed by atoms with Crippen molar-refractivity contribution in [2.45, 2.75) is 0 Å². The second-order valence-corrected chi connectivity index (χ2v) is 6.07. The summed E-state index contributed by atoms with van der Waals surface area (Å²) < 4.78 is 9.14. The number of rotatable bonds is 20. The largest absolute Gasteiger partial charge is 4.00 e. The van der Waals surface area contributed by atoms with Crippen LogP contribution in [-0.2, 0) is 31.2 Å². The Bertz CT molecular complexity index is 253. The van der Waals surface area contributed by atoms with Crippen LogP contribution >= 0.6 is 0 Å². The molecule has 14 nitrogen and oxygen atoms in total. The smallest absolute Gasteiger partial charge is 0.854 e. The molecule has 0 saturated carbocycles. The summed E-state index contributed by atoms with van der Waals surface area (Å²) >= 11 is 0. The Kier molecular flexibility index (Phi) is 61.0. The minimum Gasteiger partial charge on any atom is -0.854 e. The van der Waals surface area contributed by atoms with Crippen LogP contribution in [-0.4, -0.2) is 172 Å². The van der Waals surface area contributed by atoms with Gasteiger partial charge >= 0.3 is 21.7 Å². The number of nitrogens with zero attached hydrogens (tertiary/aromatic N) is 2. The maximum Gasteiger partial charge on any atom is 4.00 e. The first kappa shape index (κ1) is 45.1. The van der Waals surface area contributed by atoms with E-state index in [2.05, 4.69) is 9.47 Å². The van der Waals surface area contributed by atoms with Crippen LogP contribution < -0.4 is 20.4 Å². The summed E-state index contributed by atoms with van der Waals surface area (Å²) in [5.41, 5.74) is 0. The molecular weight excluding hydrogens is 508 g/mol. The molecule has 0 aromatic heterocycles. The Hall–Kier alpha value is 0.154. The fourth-order valence-corrected chi connectivity index (χ4v) is 1.95. The molecule has 0 aromatic rings. The summed E-state index contributed by atoms with van der Waals surface area (Å²) in [4.78, 5) is 3.46. The molecule has 0 unspecified atom stereocenters. The molecule has 0 aliphatic rings. The van der Waals surface area contributed by atoms with Crippen LogP contribution in [0.4, 0.5) is 0 Å². The van der Waals surface area contributed by atoms with Crippen molar-refractivity contribution in [2.24, 2.45) is 0 Å². The second kappa shape index (κ2) is 47.4. The number of hydrogen-bond acceptors (Lipinski definition) is 14. The van der Waals surface area contributed by atoms with Gasteiger partial charge in [-0.3, -0.25) is 0 Å². The Labute approximate surface area is 223 Å². The third-order valence-electron chi connectivity index (χ3n) is 3.41. The molecule has 35 heavy (non-hydrogen) atoms. The minimum absolute atomic E-state index is 0. The SMILES string of the molecule is [O-]CCN(CCO)CCO.[O-]CCN(CCO)CCO.[O-]CCOCCO.[O-]CCOCCO.[Ti+4]. The van der Waals surface area contributed by atoms with Gasteiger partial charge in [0.15, 0.2) is 0 Å². The van der Waals surface area contributed by atoms with Crippen molar-refractivity contribution in [1.82, 2.24) is 9.80 Å². The van der Waals surface area contributed by atoms with Gasteiger partial charge in [-0.15, -0.1) is 26.4 Å². The Morgan fingerprint density at radius 2 is 0.686 bits per heavy atom. The van der Waals surface area contributed by atoms with Gasteiger partial charge in [-0.2, -0.15) is 0 Å². The summed E-state index contributed by atoms with van der Waals surface area (Å²) in [5.74, 6) is 0. The van der Waals surface area contributed by atoms with Crippen LogP contribution in [0.25, 0.3) is 0 Å². The molecule has 0 heterocycles. The molecule has 0 aliphatic heterocycles. The van der Waals surface area contributed by atoms with Crippen molar-refractivity contribution >= 4 is 0 Å². The zero-order chi connectivity index (χ0) is 26.7. The van der Waals surface area contributed by atoms with Crippen LogP contribution in [0.2, 0.25) is 0 Å². The normalized spacial score (nSPS) is 9.94. The molecule has 0 rings (SSSR count). The summed E-state index contributed by atoms with van der Waals surface area (Å²) in [6.07, 6.45) is 0. The molecule has 0 fully saturated rings. The van der Waals surface area contributed by atoms with E-state index in [4.69, 9.17) is 30.6 Å². The molecule has 0 spiro atoms. The molecule has 15 heteroatoms. The molecule has 0 radical (unpaired) electrons. The average Bonchev–Trinajstić information content (AvgIpc) is 2.82. The van der Waals surface area contributed by atoms with Gasteiger partial charge in [0.05, 0.1) is 52.9 Å². The Morgan fingerprint density at radius 1 is 0.400 bits per heavy atom. The number of aliphatic hydroxyl groups is 6. The molecule has 6 N–H and O–H groups in total. The first-order valence-corrected chi connectivity index (χ1v) is 11.1. The summed E-state index contributed by atoms with van der Waals surface area (Å²) in [6.45, 7) is 3.05. The summed E-state index contributed by atoms with van der Waals surface area (Å²) in [7, 11) is 0. The predicted octanol–water partition coefficient (Wildman–Crippen LogP) is -8.02. The molecule has 0 aliphatic carbocycles. The third-order valence-corrected chi connectivity index (χ3v) is 3.41. The zero-order valence-electron chi connectivity index (χ0n) is 20.7. The number of aliphatic hydroxyl groups excluding tert-OH is 6. The average molecular weight is 554 g/mol. The quantitative estimate of drug-likeness (QED) is 0.0605. The van der Waals surface area contributed by atoms with Crippen molar-refractivity contribution in [3.8, 4) is 0 Å². The van der Waals surface area contributed by atoms with E-state index in [1.54, 1.807) is 9.80 Å². The van der Waals surface area contributed by atoms with Crippen LogP contribution in [0.3, 0.4) is 0 Å². The van der Waals surface area contributed by atoms with E-state index in [0.717, 1.165) is 0 Å². The number of hydrogen-bond donors (Lipinski definition) is 6. The van der Waals surface area contributed by atoms with Gasteiger partial charge in [0.2, 0.25) is 0 Å². The predicted molar refractivity (Wildman–Crippen MR) is 117 cm³/mol. The van der Waals surface area contributed by atoms with Gasteiger partial charge in [0.1, 0.15) is 0 Å². The van der Waals surface area contributed by atoms with Gasteiger partial charge in [-0.05, 0) is 13.1 Å². The van der Waals surface area contributed by atoms with Crippen molar-refractivity contribution in [3.05, 3.63) is 0 Å². The Balaban J connectivity index is -0.000000115. The van der Waals surface area contributed by atoms with Crippen molar-refractivity contribution in [1.29, 1.82) is 0 Å². The van der Waals surface area contributed by atoms with Crippen molar-refractivity contribution < 1.29 is 82.3 Å². The van der Waals surface area contributed by atoms with E-state index in [1.165, 1.54) is 0 Å². The van der Waals surface area contributed by atoms with Gasteiger partial charge in [-0.1, -0.05) is 0 Å². The fourth-order valence-electron chi connectivity index (χ4n) is 1.95. The van der Waals surface area contributed by atoms with E-state index in [1.807, 2.05) is 0 Å². The van der Waals surface area contributed by atoms with Crippen LogP contribution in [0.15, 0.2) is 0 Å². The van der Waals surface area contributed by atoms with Crippen molar-refractivity contribution in [2.75, 3.05) is 132 Å². The van der Waals surface area contributed by atoms with Gasteiger partial charge in [-0.25, -0.2) is 0 Å². The molecule has 0 aromatic carbocycles. The zero-order valence-corrected chi connectivity index (χ0v) is 22.2. The molecule has 0 amide bonds. The fraction of sp³-hybridized carbons (Fsp3) is 1.00. The first-order chi connectivity index (χ1) is 16.5. The van der Waals surface area contributed by atoms with E-state index in [-0.39, 0.29) is 114 Å². The van der Waals surface area contributed by atoms with E-state index >= 15 is 0 Å². The van der Waals surface area contributed by atoms with E-state index < -0.39 is 0 Å². The Morgan fingerprint density at radius 3 is 0.857 bits per heavy atom.